The molecule has 1 aromatic rings. The average Bonchev–Trinajstić information content (AvgIpc) is 2.81. The van der Waals surface area contributed by atoms with Gasteiger partial charge in [-0.3, -0.25) is 5.43 Å². The van der Waals surface area contributed by atoms with Gasteiger partial charge in [0.05, 0.1) is 13.2 Å². The number of nitrogens with one attached hydrogen (secondary N) is 1. The lowest BCUT2D eigenvalue weighted by Crippen LogP contribution is -2.47. The van der Waals surface area contributed by atoms with Crippen LogP contribution in [-0.2, 0) is 4.74 Å². The summed E-state index contributed by atoms with van der Waals surface area (Å²) in [4.78, 5) is 1.46. The highest BCUT2D eigenvalue weighted by molar-refractivity contribution is 7.99. The molecule has 1 saturated heterocycles. The zero-order valence-corrected chi connectivity index (χ0v) is 10.7. The van der Waals surface area contributed by atoms with Gasteiger partial charge < -0.3 is 4.74 Å². The van der Waals surface area contributed by atoms with Crippen molar-refractivity contribution in [2.75, 3.05) is 38.6 Å². The van der Waals surface area contributed by atoms with Crippen molar-refractivity contribution in [1.29, 1.82) is 0 Å². The van der Waals surface area contributed by atoms with Crippen molar-refractivity contribution in [3.8, 4) is 0 Å². The summed E-state index contributed by atoms with van der Waals surface area (Å²) >= 11 is 1.98. The molecule has 92 valence electrons. The van der Waals surface area contributed by atoms with Crippen LogP contribution in [0.15, 0.2) is 29.2 Å². The summed E-state index contributed by atoms with van der Waals surface area (Å²) in [6.45, 7) is 4.75. The Bertz CT molecular complexity index is 379. The fraction of sp³-hybridized carbons (Fsp3) is 0.538. The van der Waals surface area contributed by atoms with Gasteiger partial charge >= 0.3 is 0 Å². The minimum Gasteiger partial charge on any atom is -0.379 e. The molecule has 1 atom stereocenters. The number of ether oxygens (including phenoxy) is 1. The average molecular weight is 250 g/mol. The van der Waals surface area contributed by atoms with E-state index < -0.39 is 0 Å². The van der Waals surface area contributed by atoms with Gasteiger partial charge in [0.1, 0.15) is 0 Å². The third kappa shape index (κ3) is 2.65. The SMILES string of the molecule is c1ccc2c(c1)SCC2CNN1CCOCC1. The molecule has 0 radical (unpaired) electrons. The maximum atomic E-state index is 5.34. The smallest absolute Gasteiger partial charge is 0.0608 e. The molecule has 0 bridgehead atoms. The molecule has 0 aromatic heterocycles. The summed E-state index contributed by atoms with van der Waals surface area (Å²) < 4.78 is 5.34. The first-order valence-corrected chi connectivity index (χ1v) is 7.20. The molecule has 2 aliphatic rings. The number of benzene rings is 1. The lowest BCUT2D eigenvalue weighted by molar-refractivity contribution is 0.0114. The molecule has 1 unspecified atom stereocenters. The molecule has 1 aromatic carbocycles. The van der Waals surface area contributed by atoms with Crippen LogP contribution in [0.3, 0.4) is 0 Å². The van der Waals surface area contributed by atoms with Gasteiger partial charge in [-0.15, -0.1) is 11.8 Å². The second-order valence-electron chi connectivity index (χ2n) is 4.51. The molecule has 0 saturated carbocycles. The van der Waals surface area contributed by atoms with E-state index in [1.165, 1.54) is 16.2 Å². The van der Waals surface area contributed by atoms with Crippen LogP contribution in [0.25, 0.3) is 0 Å². The first-order valence-electron chi connectivity index (χ1n) is 6.21. The number of morpholine rings is 1. The van der Waals surface area contributed by atoms with Crippen molar-refractivity contribution < 1.29 is 4.74 Å². The largest absolute Gasteiger partial charge is 0.379 e. The molecule has 2 heterocycles. The molecule has 0 amide bonds. The number of thioether (sulfide) groups is 1. The minimum atomic E-state index is 0.652. The first kappa shape index (κ1) is 11.5. The summed E-state index contributed by atoms with van der Waals surface area (Å²) in [5.41, 5.74) is 5.06. The molecular weight excluding hydrogens is 232 g/mol. The molecule has 3 nitrogen and oxygen atoms in total. The Morgan fingerprint density at radius 1 is 1.29 bits per heavy atom. The normalized spacial score (nSPS) is 24.8. The molecular formula is C13H18N2OS. The predicted molar refractivity (Wildman–Crippen MR) is 70.3 cm³/mol. The Kier molecular flexibility index (Phi) is 3.66. The standard InChI is InChI=1S/C13H18N2OS/c1-2-4-13-12(3-1)11(10-17-13)9-14-15-5-7-16-8-6-15/h1-4,11,14H,5-10H2. The van der Waals surface area contributed by atoms with Crippen molar-refractivity contribution >= 4 is 11.8 Å². The van der Waals surface area contributed by atoms with Crippen LogP contribution >= 0.6 is 11.8 Å². The van der Waals surface area contributed by atoms with E-state index in [0.717, 1.165) is 32.8 Å². The summed E-state index contributed by atoms with van der Waals surface area (Å²) in [5, 5.41) is 2.29. The van der Waals surface area contributed by atoms with E-state index in [1.54, 1.807) is 0 Å². The van der Waals surface area contributed by atoms with Crippen LogP contribution in [0.5, 0.6) is 0 Å². The van der Waals surface area contributed by atoms with Gasteiger partial charge in [-0.1, -0.05) is 18.2 Å². The lowest BCUT2D eigenvalue weighted by Gasteiger charge is -2.28. The number of nitrogens with zero attached hydrogens (tertiary/aromatic N) is 1. The third-order valence-electron chi connectivity index (χ3n) is 3.37. The van der Waals surface area contributed by atoms with E-state index in [4.69, 9.17) is 4.74 Å². The van der Waals surface area contributed by atoms with Gasteiger partial charge in [-0.05, 0) is 11.6 Å². The Morgan fingerprint density at radius 2 is 2.12 bits per heavy atom. The molecule has 3 rings (SSSR count). The summed E-state index contributed by atoms with van der Waals surface area (Å²) in [6.07, 6.45) is 0. The second-order valence-corrected chi connectivity index (χ2v) is 5.57. The van der Waals surface area contributed by atoms with E-state index in [0.29, 0.717) is 5.92 Å². The second kappa shape index (κ2) is 5.40. The Labute approximate surface area is 106 Å². The molecule has 1 N–H and O–H groups in total. The third-order valence-corrected chi connectivity index (χ3v) is 4.62. The van der Waals surface area contributed by atoms with Crippen LogP contribution in [-0.4, -0.2) is 43.6 Å². The van der Waals surface area contributed by atoms with Crippen molar-refractivity contribution in [3.05, 3.63) is 29.8 Å². The summed E-state index contributed by atoms with van der Waals surface area (Å²) in [7, 11) is 0. The number of fused-ring (bicyclic) bond motifs is 1. The number of hydrogen-bond donors (Lipinski definition) is 1. The summed E-state index contributed by atoms with van der Waals surface area (Å²) in [6, 6.07) is 8.77. The van der Waals surface area contributed by atoms with Crippen molar-refractivity contribution in [2.24, 2.45) is 0 Å². The van der Waals surface area contributed by atoms with Crippen molar-refractivity contribution in [3.63, 3.8) is 0 Å². The minimum absolute atomic E-state index is 0.652. The number of hydrazine groups is 1. The zero-order chi connectivity index (χ0) is 11.5. The van der Waals surface area contributed by atoms with E-state index >= 15 is 0 Å². The van der Waals surface area contributed by atoms with E-state index in [1.807, 2.05) is 11.8 Å². The van der Waals surface area contributed by atoms with Gasteiger partial charge in [0, 0.05) is 36.2 Å². The Hall–Kier alpha value is -0.550. The van der Waals surface area contributed by atoms with Gasteiger partial charge in [0.2, 0.25) is 0 Å². The molecule has 0 spiro atoms. The number of rotatable bonds is 3. The quantitative estimate of drug-likeness (QED) is 0.883. The monoisotopic (exact) mass is 250 g/mol. The lowest BCUT2D eigenvalue weighted by atomic mass is 10.0. The highest BCUT2D eigenvalue weighted by atomic mass is 32.2. The summed E-state index contributed by atoms with van der Waals surface area (Å²) in [5.74, 6) is 1.86. The van der Waals surface area contributed by atoms with Crippen LogP contribution in [0.1, 0.15) is 11.5 Å². The van der Waals surface area contributed by atoms with E-state index in [9.17, 15) is 0 Å². The molecule has 2 aliphatic heterocycles. The maximum absolute atomic E-state index is 5.34. The van der Waals surface area contributed by atoms with Crippen LogP contribution in [0.4, 0.5) is 0 Å². The van der Waals surface area contributed by atoms with Crippen molar-refractivity contribution in [2.45, 2.75) is 10.8 Å². The molecule has 17 heavy (non-hydrogen) atoms. The van der Waals surface area contributed by atoms with Crippen LogP contribution in [0, 0.1) is 0 Å². The highest BCUT2D eigenvalue weighted by Crippen LogP contribution is 2.38. The highest BCUT2D eigenvalue weighted by Gasteiger charge is 2.23. The first-order chi connectivity index (χ1) is 8.43. The van der Waals surface area contributed by atoms with Gasteiger partial charge in [-0.2, -0.15) is 0 Å². The Morgan fingerprint density at radius 3 is 3.00 bits per heavy atom. The van der Waals surface area contributed by atoms with Crippen LogP contribution in [0.2, 0.25) is 0 Å². The number of hydrogen-bond acceptors (Lipinski definition) is 4. The van der Waals surface area contributed by atoms with Gasteiger partial charge in [0.25, 0.3) is 0 Å². The van der Waals surface area contributed by atoms with Gasteiger partial charge in [-0.25, -0.2) is 5.01 Å². The Balaban J connectivity index is 1.56. The molecule has 1 fully saturated rings. The predicted octanol–water partition coefficient (Wildman–Crippen LogP) is 1.71. The molecule has 4 heteroatoms. The van der Waals surface area contributed by atoms with Crippen molar-refractivity contribution in [1.82, 2.24) is 10.4 Å². The van der Waals surface area contributed by atoms with E-state index in [2.05, 4.69) is 34.7 Å². The zero-order valence-electron chi connectivity index (χ0n) is 9.89. The topological polar surface area (TPSA) is 24.5 Å². The molecule has 0 aliphatic carbocycles. The van der Waals surface area contributed by atoms with Gasteiger partial charge in [0.15, 0.2) is 0 Å². The fourth-order valence-corrected chi connectivity index (χ4v) is 3.61. The maximum Gasteiger partial charge on any atom is 0.0608 e. The van der Waals surface area contributed by atoms with Crippen LogP contribution < -0.4 is 5.43 Å². The fourth-order valence-electron chi connectivity index (χ4n) is 2.36. The van der Waals surface area contributed by atoms with E-state index in [-0.39, 0.29) is 0 Å².